The van der Waals surface area contributed by atoms with Gasteiger partial charge >= 0.3 is 5.97 Å². The molecule has 0 aliphatic rings. The van der Waals surface area contributed by atoms with Crippen molar-refractivity contribution in [3.63, 3.8) is 0 Å². The summed E-state index contributed by atoms with van der Waals surface area (Å²) in [5.41, 5.74) is 3.78. The predicted octanol–water partition coefficient (Wildman–Crippen LogP) is 6.50. The number of halogens is 1. The Labute approximate surface area is 262 Å². The van der Waals surface area contributed by atoms with Gasteiger partial charge in [0.15, 0.2) is 11.5 Å². The number of carboxylic acids is 1. The first kappa shape index (κ1) is 32.1. The monoisotopic (exact) mass is 614 g/mol. The van der Waals surface area contributed by atoms with Crippen LogP contribution in [0.5, 0.6) is 11.5 Å². The van der Waals surface area contributed by atoms with Crippen molar-refractivity contribution >= 4 is 29.4 Å². The number of benzene rings is 4. The molecule has 44 heavy (non-hydrogen) atoms. The molecule has 2 N–H and O–H groups in total. The third-order valence-corrected chi connectivity index (χ3v) is 7.32. The molecule has 0 saturated carbocycles. The standard InChI is InChI=1S/C35H35ClN2O6/c1-3-44-32-22-24(14-17-31(32)43-2)18-20-38(21-19-33(39)40)35(42)30-11-7-5-9-28(30)27-8-4-6-10-29(27)34(41)37-23-25-12-15-26(36)16-13-25/h4-17,22H,3,18-21,23H2,1-2H3,(H,37,41)(H,39,40). The van der Waals surface area contributed by atoms with Crippen LogP contribution in [0.15, 0.2) is 91.0 Å². The van der Waals surface area contributed by atoms with Crippen LogP contribution in [0.4, 0.5) is 0 Å². The van der Waals surface area contributed by atoms with Gasteiger partial charge in [0.1, 0.15) is 0 Å². The van der Waals surface area contributed by atoms with Crippen molar-refractivity contribution in [2.75, 3.05) is 26.8 Å². The van der Waals surface area contributed by atoms with Crippen molar-refractivity contribution in [1.82, 2.24) is 10.2 Å². The van der Waals surface area contributed by atoms with Crippen LogP contribution >= 0.6 is 11.6 Å². The van der Waals surface area contributed by atoms with E-state index in [-0.39, 0.29) is 31.3 Å². The number of ether oxygens (including phenoxy) is 2. The first-order valence-corrected chi connectivity index (χ1v) is 14.7. The molecule has 0 unspecified atom stereocenters. The Bertz CT molecular complexity index is 1610. The zero-order valence-electron chi connectivity index (χ0n) is 24.7. The molecule has 0 saturated heterocycles. The Morgan fingerprint density at radius 2 is 1.45 bits per heavy atom. The summed E-state index contributed by atoms with van der Waals surface area (Å²) in [5, 5.41) is 13.0. The molecule has 0 aliphatic heterocycles. The largest absolute Gasteiger partial charge is 0.493 e. The fourth-order valence-corrected chi connectivity index (χ4v) is 4.95. The van der Waals surface area contributed by atoms with Gasteiger partial charge in [-0.1, -0.05) is 66.2 Å². The molecule has 2 amide bonds. The fourth-order valence-electron chi connectivity index (χ4n) is 4.83. The number of carbonyl (C=O) groups is 3. The Balaban J connectivity index is 1.59. The second kappa shape index (κ2) is 15.6. The highest BCUT2D eigenvalue weighted by Crippen LogP contribution is 2.30. The average Bonchev–Trinajstić information content (AvgIpc) is 3.04. The van der Waals surface area contributed by atoms with Gasteiger partial charge in [-0.15, -0.1) is 0 Å². The van der Waals surface area contributed by atoms with E-state index in [0.29, 0.717) is 58.3 Å². The molecule has 0 fully saturated rings. The molecule has 0 radical (unpaired) electrons. The van der Waals surface area contributed by atoms with Crippen LogP contribution < -0.4 is 14.8 Å². The van der Waals surface area contributed by atoms with Crippen LogP contribution in [0.1, 0.15) is 45.2 Å². The molecule has 9 heteroatoms. The summed E-state index contributed by atoms with van der Waals surface area (Å²) in [4.78, 5) is 40.4. The first-order valence-electron chi connectivity index (χ1n) is 14.3. The van der Waals surface area contributed by atoms with E-state index in [0.717, 1.165) is 11.1 Å². The molecular weight excluding hydrogens is 580 g/mol. The van der Waals surface area contributed by atoms with Gasteiger partial charge < -0.3 is 24.8 Å². The van der Waals surface area contributed by atoms with E-state index in [9.17, 15) is 19.5 Å². The molecule has 4 rings (SSSR count). The summed E-state index contributed by atoms with van der Waals surface area (Å²) in [6, 6.07) is 27.0. The number of methoxy groups -OCH3 is 1. The van der Waals surface area contributed by atoms with E-state index in [1.54, 1.807) is 60.5 Å². The van der Waals surface area contributed by atoms with Crippen molar-refractivity contribution in [1.29, 1.82) is 0 Å². The summed E-state index contributed by atoms with van der Waals surface area (Å²) in [7, 11) is 1.57. The number of nitrogens with one attached hydrogen (secondary N) is 1. The summed E-state index contributed by atoms with van der Waals surface area (Å²) < 4.78 is 11.1. The van der Waals surface area contributed by atoms with Crippen molar-refractivity contribution in [3.8, 4) is 22.6 Å². The smallest absolute Gasteiger partial charge is 0.305 e. The lowest BCUT2D eigenvalue weighted by molar-refractivity contribution is -0.137. The molecule has 4 aromatic carbocycles. The topological polar surface area (TPSA) is 105 Å². The van der Waals surface area contributed by atoms with Gasteiger partial charge in [-0.05, 0) is 72.0 Å². The third kappa shape index (κ3) is 8.39. The van der Waals surface area contributed by atoms with Crippen LogP contribution in [-0.4, -0.2) is 54.6 Å². The predicted molar refractivity (Wildman–Crippen MR) is 171 cm³/mol. The van der Waals surface area contributed by atoms with Crippen molar-refractivity contribution in [2.24, 2.45) is 0 Å². The highest BCUT2D eigenvalue weighted by Gasteiger charge is 2.23. The molecule has 0 aliphatic carbocycles. The highest BCUT2D eigenvalue weighted by molar-refractivity contribution is 6.30. The van der Waals surface area contributed by atoms with Gasteiger partial charge in [-0.2, -0.15) is 0 Å². The maximum absolute atomic E-state index is 14.0. The zero-order chi connectivity index (χ0) is 31.5. The van der Waals surface area contributed by atoms with Crippen LogP contribution in [0.3, 0.4) is 0 Å². The van der Waals surface area contributed by atoms with E-state index >= 15 is 0 Å². The lowest BCUT2D eigenvalue weighted by Gasteiger charge is -2.24. The minimum atomic E-state index is -0.998. The zero-order valence-corrected chi connectivity index (χ0v) is 25.5. The number of nitrogens with zero attached hydrogens (tertiary/aromatic N) is 1. The molecule has 4 aromatic rings. The van der Waals surface area contributed by atoms with Gasteiger partial charge in [-0.25, -0.2) is 0 Å². The Morgan fingerprint density at radius 1 is 0.818 bits per heavy atom. The summed E-state index contributed by atoms with van der Waals surface area (Å²) in [6.45, 7) is 2.98. The van der Waals surface area contributed by atoms with E-state index in [1.165, 1.54) is 0 Å². The summed E-state index contributed by atoms with van der Waals surface area (Å²) >= 11 is 5.98. The SMILES string of the molecule is CCOc1cc(CCN(CCC(=O)O)C(=O)c2ccccc2-c2ccccc2C(=O)NCc2ccc(Cl)cc2)ccc1OC. The molecule has 0 aromatic heterocycles. The van der Waals surface area contributed by atoms with E-state index in [4.69, 9.17) is 21.1 Å². The van der Waals surface area contributed by atoms with Gasteiger partial charge in [0.2, 0.25) is 0 Å². The minimum absolute atomic E-state index is 0.0280. The normalized spacial score (nSPS) is 10.6. The third-order valence-electron chi connectivity index (χ3n) is 7.07. The molecule has 0 spiro atoms. The maximum Gasteiger partial charge on any atom is 0.305 e. The van der Waals surface area contributed by atoms with Gasteiger partial charge in [-0.3, -0.25) is 14.4 Å². The second-order valence-electron chi connectivity index (χ2n) is 10.0. The molecular formula is C35H35ClN2O6. The highest BCUT2D eigenvalue weighted by atomic mass is 35.5. The number of hydrogen-bond acceptors (Lipinski definition) is 5. The quantitative estimate of drug-likeness (QED) is 0.168. The molecule has 0 bridgehead atoms. The fraction of sp³-hybridized carbons (Fsp3) is 0.229. The maximum atomic E-state index is 14.0. The van der Waals surface area contributed by atoms with E-state index in [1.807, 2.05) is 49.4 Å². The van der Waals surface area contributed by atoms with Gasteiger partial charge in [0, 0.05) is 35.8 Å². The second-order valence-corrected chi connectivity index (χ2v) is 10.4. The molecule has 228 valence electrons. The van der Waals surface area contributed by atoms with Gasteiger partial charge in [0.05, 0.1) is 20.1 Å². The Kier molecular flexibility index (Phi) is 11.4. The van der Waals surface area contributed by atoms with Crippen LogP contribution in [0.2, 0.25) is 5.02 Å². The number of carboxylic acid groups (broad SMARTS) is 1. The summed E-state index contributed by atoms with van der Waals surface area (Å²) in [6.07, 6.45) is 0.270. The Hall–Kier alpha value is -4.82. The van der Waals surface area contributed by atoms with E-state index in [2.05, 4.69) is 5.32 Å². The lowest BCUT2D eigenvalue weighted by Crippen LogP contribution is -2.35. The number of amides is 2. The number of rotatable bonds is 14. The Morgan fingerprint density at radius 3 is 2.11 bits per heavy atom. The number of hydrogen-bond donors (Lipinski definition) is 2. The van der Waals surface area contributed by atoms with Crippen molar-refractivity contribution in [2.45, 2.75) is 26.3 Å². The molecule has 8 nitrogen and oxygen atoms in total. The van der Waals surface area contributed by atoms with Crippen LogP contribution in [0, 0.1) is 0 Å². The summed E-state index contributed by atoms with van der Waals surface area (Å²) in [5.74, 6) is -0.393. The van der Waals surface area contributed by atoms with E-state index < -0.39 is 5.97 Å². The van der Waals surface area contributed by atoms with Gasteiger partial charge in [0.25, 0.3) is 11.8 Å². The van der Waals surface area contributed by atoms with Crippen LogP contribution in [-0.2, 0) is 17.8 Å². The molecule has 0 atom stereocenters. The first-order chi connectivity index (χ1) is 21.3. The number of aliphatic carboxylic acids is 1. The molecule has 0 heterocycles. The number of carbonyl (C=O) groups excluding carboxylic acids is 2. The van der Waals surface area contributed by atoms with Crippen molar-refractivity contribution in [3.05, 3.63) is 118 Å². The average molecular weight is 615 g/mol. The minimum Gasteiger partial charge on any atom is -0.493 e. The van der Waals surface area contributed by atoms with Crippen molar-refractivity contribution < 1.29 is 29.0 Å². The lowest BCUT2D eigenvalue weighted by atomic mass is 9.94. The van der Waals surface area contributed by atoms with Crippen LogP contribution in [0.25, 0.3) is 11.1 Å².